The quantitative estimate of drug-likeness (QED) is 0.405. The minimum atomic E-state index is -4.11. The first-order chi connectivity index (χ1) is 15.0. The van der Waals surface area contributed by atoms with E-state index in [1.165, 1.54) is 48.7 Å². The molecular formula is C20H15Cl3N4O4S. The zero-order valence-electron chi connectivity index (χ0n) is 16.3. The number of pyridine rings is 1. The number of carbonyl (C=O) groups is 2. The van der Waals surface area contributed by atoms with Gasteiger partial charge >= 0.3 is 6.03 Å². The highest BCUT2D eigenvalue weighted by Gasteiger charge is 2.23. The zero-order chi connectivity index (χ0) is 23.6. The van der Waals surface area contributed by atoms with Crippen molar-refractivity contribution < 1.29 is 18.0 Å². The first kappa shape index (κ1) is 23.8. The Morgan fingerprint density at radius 2 is 1.69 bits per heavy atom. The molecule has 0 aliphatic carbocycles. The first-order valence-corrected chi connectivity index (χ1v) is 11.4. The summed E-state index contributed by atoms with van der Waals surface area (Å²) in [5.74, 6) is -0.704. The minimum Gasteiger partial charge on any atom is -0.351 e. The van der Waals surface area contributed by atoms with E-state index in [1.54, 1.807) is 6.92 Å². The molecule has 12 heteroatoms. The SMILES string of the molecule is Cc1cc(S(=O)(=O)Nc2cc(Cl)cnc2C(=O)c2cc(NC(N)=O)ccc2Cl)ccc1Cl. The second-order valence-corrected chi connectivity index (χ2v) is 9.51. The summed E-state index contributed by atoms with van der Waals surface area (Å²) < 4.78 is 28.1. The monoisotopic (exact) mass is 512 g/mol. The second kappa shape index (κ2) is 9.33. The molecule has 0 aliphatic rings. The maximum Gasteiger partial charge on any atom is 0.316 e. The van der Waals surface area contributed by atoms with E-state index in [0.29, 0.717) is 10.6 Å². The maximum absolute atomic E-state index is 13.2. The van der Waals surface area contributed by atoms with E-state index in [4.69, 9.17) is 40.5 Å². The molecule has 8 nitrogen and oxygen atoms in total. The molecule has 3 aromatic rings. The molecular weight excluding hydrogens is 499 g/mol. The van der Waals surface area contributed by atoms with Crippen molar-refractivity contribution in [2.45, 2.75) is 11.8 Å². The molecule has 2 aromatic carbocycles. The molecule has 0 radical (unpaired) electrons. The van der Waals surface area contributed by atoms with Gasteiger partial charge in [-0.05, 0) is 55.0 Å². The molecule has 0 aliphatic heterocycles. The number of hydrogen-bond donors (Lipinski definition) is 3. The van der Waals surface area contributed by atoms with E-state index in [1.807, 2.05) is 0 Å². The predicted molar refractivity (Wildman–Crippen MR) is 124 cm³/mol. The Kier molecular flexibility index (Phi) is 6.94. The molecule has 0 atom stereocenters. The second-order valence-electron chi connectivity index (χ2n) is 6.58. The Hall–Kier alpha value is -2.85. The molecule has 1 heterocycles. The van der Waals surface area contributed by atoms with Crippen LogP contribution in [-0.2, 0) is 10.0 Å². The third-order valence-corrected chi connectivity index (χ3v) is 6.56. The molecule has 0 fully saturated rings. The van der Waals surface area contributed by atoms with Crippen molar-refractivity contribution in [2.24, 2.45) is 5.73 Å². The van der Waals surface area contributed by atoms with Crippen LogP contribution in [0.15, 0.2) is 53.6 Å². The van der Waals surface area contributed by atoms with Crippen LogP contribution in [0.5, 0.6) is 0 Å². The summed E-state index contributed by atoms with van der Waals surface area (Å²) >= 11 is 18.1. The number of carbonyl (C=O) groups excluding carboxylic acids is 2. The Morgan fingerprint density at radius 1 is 1.00 bits per heavy atom. The van der Waals surface area contributed by atoms with Crippen molar-refractivity contribution in [1.29, 1.82) is 0 Å². The molecule has 4 N–H and O–H groups in total. The lowest BCUT2D eigenvalue weighted by molar-refractivity contribution is 0.103. The van der Waals surface area contributed by atoms with Crippen LogP contribution in [0, 0.1) is 6.92 Å². The van der Waals surface area contributed by atoms with Crippen LogP contribution in [0.1, 0.15) is 21.6 Å². The molecule has 0 spiro atoms. The number of benzene rings is 2. The summed E-state index contributed by atoms with van der Waals surface area (Å²) in [6, 6.07) is 8.72. The van der Waals surface area contributed by atoms with Crippen molar-refractivity contribution in [3.8, 4) is 0 Å². The van der Waals surface area contributed by atoms with E-state index in [-0.39, 0.29) is 37.6 Å². The number of amides is 2. The fourth-order valence-corrected chi connectivity index (χ4v) is 4.35. The molecule has 0 saturated heterocycles. The summed E-state index contributed by atoms with van der Waals surface area (Å²) in [7, 11) is -4.11. The number of nitrogens with one attached hydrogen (secondary N) is 2. The van der Waals surface area contributed by atoms with E-state index in [0.717, 1.165) is 0 Å². The number of nitrogens with two attached hydrogens (primary N) is 1. The van der Waals surface area contributed by atoms with Gasteiger partial charge in [0.2, 0.25) is 5.78 Å². The van der Waals surface area contributed by atoms with Crippen molar-refractivity contribution in [3.63, 3.8) is 0 Å². The van der Waals surface area contributed by atoms with Crippen LogP contribution in [0.25, 0.3) is 0 Å². The highest BCUT2D eigenvalue weighted by Crippen LogP contribution is 2.29. The van der Waals surface area contributed by atoms with Crippen molar-refractivity contribution in [2.75, 3.05) is 10.0 Å². The maximum atomic E-state index is 13.2. The lowest BCUT2D eigenvalue weighted by Crippen LogP contribution is -2.20. The number of aryl methyl sites for hydroxylation is 1. The van der Waals surface area contributed by atoms with E-state index >= 15 is 0 Å². The number of urea groups is 1. The van der Waals surface area contributed by atoms with E-state index < -0.39 is 21.8 Å². The van der Waals surface area contributed by atoms with E-state index in [2.05, 4.69) is 15.0 Å². The van der Waals surface area contributed by atoms with Gasteiger partial charge < -0.3 is 11.1 Å². The summed E-state index contributed by atoms with van der Waals surface area (Å²) in [6.07, 6.45) is 1.19. The summed E-state index contributed by atoms with van der Waals surface area (Å²) in [6.45, 7) is 1.66. The average Bonchev–Trinajstić information content (AvgIpc) is 2.70. The minimum absolute atomic E-state index is 0.0319. The van der Waals surface area contributed by atoms with Gasteiger partial charge in [-0.15, -0.1) is 0 Å². The molecule has 166 valence electrons. The number of anilines is 2. The smallest absolute Gasteiger partial charge is 0.316 e. The molecule has 0 bridgehead atoms. The molecule has 2 amide bonds. The average molecular weight is 514 g/mol. The molecule has 1 aromatic heterocycles. The van der Waals surface area contributed by atoms with Gasteiger partial charge in [0.25, 0.3) is 10.0 Å². The number of rotatable bonds is 6. The van der Waals surface area contributed by atoms with Gasteiger partial charge in [0.15, 0.2) is 0 Å². The van der Waals surface area contributed by atoms with E-state index in [9.17, 15) is 18.0 Å². The van der Waals surface area contributed by atoms with Crippen LogP contribution in [0.2, 0.25) is 15.1 Å². The number of halogens is 3. The fourth-order valence-electron chi connectivity index (χ4n) is 2.73. The number of sulfonamides is 1. The standard InChI is InChI=1S/C20H15Cl3N4O4S/c1-10-6-13(3-5-15(10)22)32(30,31)27-17-7-11(21)9-25-18(17)19(28)14-8-12(26-20(24)29)2-4-16(14)23/h2-9,27H,1H3,(H3,24,26,29). The fraction of sp³-hybridized carbons (Fsp3) is 0.0500. The lowest BCUT2D eigenvalue weighted by Gasteiger charge is -2.13. The number of primary amides is 1. The molecule has 0 unspecified atom stereocenters. The van der Waals surface area contributed by atoms with Gasteiger partial charge in [-0.3, -0.25) is 9.52 Å². The van der Waals surface area contributed by atoms with Gasteiger partial charge in [-0.25, -0.2) is 18.2 Å². The van der Waals surface area contributed by atoms with Gasteiger partial charge in [0.1, 0.15) is 5.69 Å². The highest BCUT2D eigenvalue weighted by molar-refractivity contribution is 7.92. The summed E-state index contributed by atoms with van der Waals surface area (Å²) in [5, 5.41) is 2.90. The largest absolute Gasteiger partial charge is 0.351 e. The molecule has 0 saturated carbocycles. The Morgan fingerprint density at radius 3 is 2.34 bits per heavy atom. The van der Waals surface area contributed by atoms with Crippen LogP contribution < -0.4 is 15.8 Å². The van der Waals surface area contributed by atoms with Crippen LogP contribution in [0.4, 0.5) is 16.2 Å². The Balaban J connectivity index is 2.04. The van der Waals surface area contributed by atoms with Gasteiger partial charge in [-0.1, -0.05) is 34.8 Å². The number of aromatic nitrogens is 1. The molecule has 32 heavy (non-hydrogen) atoms. The summed E-state index contributed by atoms with van der Waals surface area (Å²) in [4.78, 5) is 28.2. The third kappa shape index (κ3) is 5.31. The number of ketones is 1. The van der Waals surface area contributed by atoms with Crippen molar-refractivity contribution in [1.82, 2.24) is 4.98 Å². The normalized spacial score (nSPS) is 11.1. The predicted octanol–water partition coefficient (Wildman–Crippen LogP) is 4.87. The van der Waals surface area contributed by atoms with Crippen molar-refractivity contribution >= 4 is 68.0 Å². The Labute approximate surface area is 198 Å². The van der Waals surface area contributed by atoms with Gasteiger partial charge in [0.05, 0.1) is 20.6 Å². The number of nitrogens with zero attached hydrogens (tertiary/aromatic N) is 1. The third-order valence-electron chi connectivity index (χ3n) is 4.23. The van der Waals surface area contributed by atoms with Crippen molar-refractivity contribution in [3.05, 3.63) is 80.6 Å². The zero-order valence-corrected chi connectivity index (χ0v) is 19.4. The van der Waals surface area contributed by atoms with Gasteiger partial charge in [0, 0.05) is 22.5 Å². The first-order valence-electron chi connectivity index (χ1n) is 8.83. The Bertz CT molecular complexity index is 1350. The molecule has 3 rings (SSSR count). The topological polar surface area (TPSA) is 131 Å². The van der Waals surface area contributed by atoms with Gasteiger partial charge in [-0.2, -0.15) is 0 Å². The van der Waals surface area contributed by atoms with Crippen LogP contribution in [0.3, 0.4) is 0 Å². The van der Waals surface area contributed by atoms with Crippen LogP contribution in [-0.4, -0.2) is 25.2 Å². The lowest BCUT2D eigenvalue weighted by atomic mass is 10.1. The highest BCUT2D eigenvalue weighted by atomic mass is 35.5. The summed E-state index contributed by atoms with van der Waals surface area (Å²) in [5.41, 5.74) is 5.45. The number of hydrogen-bond acceptors (Lipinski definition) is 5. The van der Waals surface area contributed by atoms with Crippen LogP contribution >= 0.6 is 34.8 Å².